The number of primary amides is 1. The van der Waals surface area contributed by atoms with Gasteiger partial charge in [-0.1, -0.05) is 13.3 Å². The second kappa shape index (κ2) is 5.16. The van der Waals surface area contributed by atoms with Gasteiger partial charge >= 0.3 is 6.03 Å². The molecule has 2 saturated heterocycles. The van der Waals surface area contributed by atoms with Crippen LogP contribution in [-0.2, 0) is 9.59 Å². The van der Waals surface area contributed by atoms with E-state index in [2.05, 4.69) is 10.6 Å². The van der Waals surface area contributed by atoms with Gasteiger partial charge in [-0.3, -0.25) is 9.59 Å². The van der Waals surface area contributed by atoms with E-state index in [1.807, 2.05) is 6.92 Å². The fourth-order valence-electron chi connectivity index (χ4n) is 2.79. The van der Waals surface area contributed by atoms with Crippen molar-refractivity contribution in [2.24, 2.45) is 5.73 Å². The van der Waals surface area contributed by atoms with E-state index in [1.54, 1.807) is 0 Å². The zero-order valence-electron chi connectivity index (χ0n) is 11.1. The van der Waals surface area contributed by atoms with Crippen LogP contribution in [0.4, 0.5) is 4.79 Å². The van der Waals surface area contributed by atoms with Crippen molar-refractivity contribution >= 4 is 17.8 Å². The van der Waals surface area contributed by atoms with Crippen LogP contribution < -0.4 is 16.4 Å². The predicted octanol–water partition coefficient (Wildman–Crippen LogP) is -0.686. The lowest BCUT2D eigenvalue weighted by atomic mass is 9.88. The molecule has 2 aliphatic heterocycles. The minimum absolute atomic E-state index is 0.309. The first kappa shape index (κ1) is 13.8. The first-order valence-electron chi connectivity index (χ1n) is 6.67. The third kappa shape index (κ3) is 2.30. The van der Waals surface area contributed by atoms with Gasteiger partial charge in [-0.15, -0.1) is 0 Å². The standard InChI is InChI=1S/C12H20N4O3/c1-2-3-8(9(13)17)16-10(18)12(15-11(16)19)4-6-14-7-5-12/h8,14H,2-7H2,1H3,(H2,13,17)(H,15,19). The average Bonchev–Trinajstić information content (AvgIpc) is 2.60. The number of nitrogens with zero attached hydrogens (tertiary/aromatic N) is 1. The van der Waals surface area contributed by atoms with E-state index < -0.39 is 23.5 Å². The lowest BCUT2D eigenvalue weighted by Crippen LogP contribution is -2.55. The van der Waals surface area contributed by atoms with Crippen LogP contribution in [0.3, 0.4) is 0 Å². The van der Waals surface area contributed by atoms with E-state index in [0.717, 1.165) is 4.90 Å². The summed E-state index contributed by atoms with van der Waals surface area (Å²) in [5, 5.41) is 5.90. The Morgan fingerprint density at radius 2 is 2.05 bits per heavy atom. The van der Waals surface area contributed by atoms with Crippen molar-refractivity contribution in [3.63, 3.8) is 0 Å². The van der Waals surface area contributed by atoms with Crippen molar-refractivity contribution in [1.29, 1.82) is 0 Å². The topological polar surface area (TPSA) is 105 Å². The Morgan fingerprint density at radius 1 is 1.42 bits per heavy atom. The quantitative estimate of drug-likeness (QED) is 0.587. The highest BCUT2D eigenvalue weighted by Gasteiger charge is 2.54. The SMILES string of the molecule is CCCC(C(N)=O)N1C(=O)NC2(CCNCC2)C1=O. The van der Waals surface area contributed by atoms with Crippen LogP contribution in [0, 0.1) is 0 Å². The van der Waals surface area contributed by atoms with Crippen molar-refractivity contribution in [2.45, 2.75) is 44.2 Å². The number of hydrogen-bond acceptors (Lipinski definition) is 4. The van der Waals surface area contributed by atoms with E-state index in [9.17, 15) is 14.4 Å². The molecule has 0 aliphatic carbocycles. The van der Waals surface area contributed by atoms with Gasteiger partial charge < -0.3 is 16.4 Å². The number of rotatable bonds is 4. The summed E-state index contributed by atoms with van der Waals surface area (Å²) >= 11 is 0. The number of piperidine rings is 1. The van der Waals surface area contributed by atoms with Crippen LogP contribution in [0.5, 0.6) is 0 Å². The van der Waals surface area contributed by atoms with Gasteiger partial charge in [-0.25, -0.2) is 9.69 Å². The van der Waals surface area contributed by atoms with Gasteiger partial charge in [0.05, 0.1) is 0 Å². The Morgan fingerprint density at radius 3 is 2.58 bits per heavy atom. The Hall–Kier alpha value is -1.63. The molecule has 19 heavy (non-hydrogen) atoms. The maximum atomic E-state index is 12.5. The number of imide groups is 1. The van der Waals surface area contributed by atoms with Gasteiger partial charge in [0.15, 0.2) is 0 Å². The molecular formula is C12H20N4O3. The molecule has 0 aromatic carbocycles. The number of hydrogen-bond donors (Lipinski definition) is 3. The van der Waals surface area contributed by atoms with Crippen LogP contribution in [0.25, 0.3) is 0 Å². The second-order valence-corrected chi connectivity index (χ2v) is 5.14. The molecule has 2 fully saturated rings. The molecule has 0 aromatic heterocycles. The molecule has 1 unspecified atom stereocenters. The molecule has 2 rings (SSSR count). The molecule has 7 heteroatoms. The fraction of sp³-hybridized carbons (Fsp3) is 0.750. The molecule has 1 atom stereocenters. The van der Waals surface area contributed by atoms with Gasteiger partial charge in [0, 0.05) is 0 Å². The number of nitrogens with one attached hydrogen (secondary N) is 2. The minimum atomic E-state index is -0.843. The summed E-state index contributed by atoms with van der Waals surface area (Å²) in [5.41, 5.74) is 4.48. The van der Waals surface area contributed by atoms with E-state index in [-0.39, 0.29) is 5.91 Å². The summed E-state index contributed by atoms with van der Waals surface area (Å²) in [4.78, 5) is 37.1. The lowest BCUT2D eigenvalue weighted by Gasteiger charge is -2.31. The maximum absolute atomic E-state index is 12.5. The molecule has 2 aliphatic rings. The van der Waals surface area contributed by atoms with E-state index >= 15 is 0 Å². The number of urea groups is 1. The van der Waals surface area contributed by atoms with Gasteiger partial charge in [-0.05, 0) is 32.4 Å². The van der Waals surface area contributed by atoms with Crippen molar-refractivity contribution in [3.8, 4) is 0 Å². The van der Waals surface area contributed by atoms with Crippen LogP contribution in [-0.4, -0.2) is 47.4 Å². The van der Waals surface area contributed by atoms with Crippen molar-refractivity contribution in [3.05, 3.63) is 0 Å². The zero-order valence-corrected chi connectivity index (χ0v) is 11.1. The fourth-order valence-corrected chi connectivity index (χ4v) is 2.79. The molecule has 0 bridgehead atoms. The molecule has 106 valence electrons. The van der Waals surface area contributed by atoms with Crippen molar-refractivity contribution in [1.82, 2.24) is 15.5 Å². The summed E-state index contributed by atoms with van der Waals surface area (Å²) < 4.78 is 0. The molecule has 1 spiro atoms. The van der Waals surface area contributed by atoms with Gasteiger partial charge in [-0.2, -0.15) is 0 Å². The summed E-state index contributed by atoms with van der Waals surface area (Å²) in [6.07, 6.45) is 2.18. The van der Waals surface area contributed by atoms with Crippen LogP contribution in [0.15, 0.2) is 0 Å². The largest absolute Gasteiger partial charge is 0.368 e. The molecule has 4 N–H and O–H groups in total. The lowest BCUT2D eigenvalue weighted by molar-refractivity contribution is -0.138. The highest BCUT2D eigenvalue weighted by atomic mass is 16.2. The third-order valence-electron chi connectivity index (χ3n) is 3.85. The summed E-state index contributed by atoms with van der Waals surface area (Å²) in [6, 6.07) is -1.34. The highest BCUT2D eigenvalue weighted by Crippen LogP contribution is 2.29. The number of carbonyl (C=O) groups is 3. The Labute approximate surface area is 111 Å². The van der Waals surface area contributed by atoms with Crippen LogP contribution >= 0.6 is 0 Å². The first-order valence-corrected chi connectivity index (χ1v) is 6.67. The number of amides is 4. The normalized spacial score (nSPS) is 23.5. The van der Waals surface area contributed by atoms with Gasteiger partial charge in [0.25, 0.3) is 5.91 Å². The number of carbonyl (C=O) groups excluding carboxylic acids is 3. The summed E-state index contributed by atoms with van der Waals surface area (Å²) in [5.74, 6) is -0.937. The average molecular weight is 268 g/mol. The van der Waals surface area contributed by atoms with E-state index in [4.69, 9.17) is 5.73 Å². The Bertz CT molecular complexity index is 404. The van der Waals surface area contributed by atoms with E-state index in [0.29, 0.717) is 38.8 Å². The molecule has 0 saturated carbocycles. The smallest absolute Gasteiger partial charge is 0.325 e. The molecule has 7 nitrogen and oxygen atoms in total. The molecule has 2 heterocycles. The van der Waals surface area contributed by atoms with Gasteiger partial charge in [0.1, 0.15) is 11.6 Å². The van der Waals surface area contributed by atoms with Crippen molar-refractivity contribution < 1.29 is 14.4 Å². The Kier molecular flexibility index (Phi) is 3.75. The zero-order chi connectivity index (χ0) is 14.0. The minimum Gasteiger partial charge on any atom is -0.368 e. The van der Waals surface area contributed by atoms with Gasteiger partial charge in [0.2, 0.25) is 5.91 Å². The third-order valence-corrected chi connectivity index (χ3v) is 3.85. The maximum Gasteiger partial charge on any atom is 0.325 e. The van der Waals surface area contributed by atoms with Crippen LogP contribution in [0.1, 0.15) is 32.6 Å². The van der Waals surface area contributed by atoms with E-state index in [1.165, 1.54) is 0 Å². The summed E-state index contributed by atoms with van der Waals surface area (Å²) in [6.45, 7) is 3.23. The molecular weight excluding hydrogens is 248 g/mol. The first-order chi connectivity index (χ1) is 9.02. The molecule has 0 aromatic rings. The monoisotopic (exact) mass is 268 g/mol. The Balaban J connectivity index is 2.24. The van der Waals surface area contributed by atoms with Crippen molar-refractivity contribution in [2.75, 3.05) is 13.1 Å². The highest BCUT2D eigenvalue weighted by molar-refractivity contribution is 6.09. The molecule has 0 radical (unpaired) electrons. The number of nitrogens with two attached hydrogens (primary N) is 1. The summed E-state index contributed by atoms with van der Waals surface area (Å²) in [7, 11) is 0. The molecule has 4 amide bonds. The second-order valence-electron chi connectivity index (χ2n) is 5.14. The predicted molar refractivity (Wildman–Crippen MR) is 68.1 cm³/mol. The van der Waals surface area contributed by atoms with Crippen LogP contribution in [0.2, 0.25) is 0 Å².